The summed E-state index contributed by atoms with van der Waals surface area (Å²) in [5.74, 6) is -0.346. The maximum Gasteiger partial charge on any atom is 0.341 e. The fourth-order valence-corrected chi connectivity index (χ4v) is 5.33. The van der Waals surface area contributed by atoms with Crippen LogP contribution in [0.5, 0.6) is 0 Å². The van der Waals surface area contributed by atoms with E-state index in [2.05, 4.69) is 26.1 Å². The second-order valence-electron chi connectivity index (χ2n) is 8.66. The molecule has 0 fully saturated rings. The zero-order valence-corrected chi connectivity index (χ0v) is 19.6. The molecule has 0 unspecified atom stereocenters. The molecule has 0 saturated carbocycles. The zero-order chi connectivity index (χ0) is 23.5. The first kappa shape index (κ1) is 23.7. The molecular formula is C24H28N2O5S. The highest BCUT2D eigenvalue weighted by molar-refractivity contribution is 7.17. The van der Waals surface area contributed by atoms with Crippen LogP contribution in [0.4, 0.5) is 10.7 Å². The molecule has 0 saturated heterocycles. The summed E-state index contributed by atoms with van der Waals surface area (Å²) in [5, 5.41) is 14.2. The van der Waals surface area contributed by atoms with E-state index in [0.29, 0.717) is 22.0 Å². The number of nitro benzene ring substituents is 1. The minimum Gasteiger partial charge on any atom is -0.465 e. The standard InChI is InChI=1S/C24H28N2O5S/c1-5-24(2,3)16-10-11-18-19(14-16)32-22(21(18)23(28)31-4)25-20(27)12-9-15-7-6-8-17(13-15)26(29)30/h6-9,12-13,16H,5,10-11,14H2,1-4H3,(H,25,27)/b12-9+/t16-/m1/s1. The lowest BCUT2D eigenvalue weighted by Gasteiger charge is -2.36. The molecule has 2 aromatic rings. The van der Waals surface area contributed by atoms with Gasteiger partial charge < -0.3 is 10.1 Å². The molecule has 3 rings (SSSR count). The Balaban J connectivity index is 1.83. The van der Waals surface area contributed by atoms with Crippen molar-refractivity contribution in [3.63, 3.8) is 0 Å². The number of methoxy groups -OCH3 is 1. The van der Waals surface area contributed by atoms with Gasteiger partial charge >= 0.3 is 5.97 Å². The highest BCUT2D eigenvalue weighted by Gasteiger charge is 2.35. The Morgan fingerprint density at radius 1 is 1.38 bits per heavy atom. The third kappa shape index (κ3) is 5.07. The number of nitro groups is 1. The van der Waals surface area contributed by atoms with Crippen LogP contribution in [-0.2, 0) is 22.4 Å². The van der Waals surface area contributed by atoms with Crippen molar-refractivity contribution in [2.45, 2.75) is 46.5 Å². The Morgan fingerprint density at radius 2 is 2.12 bits per heavy atom. The number of rotatable bonds is 7. The molecule has 1 aliphatic carbocycles. The Morgan fingerprint density at radius 3 is 2.78 bits per heavy atom. The van der Waals surface area contributed by atoms with Gasteiger partial charge in [-0.2, -0.15) is 0 Å². The van der Waals surface area contributed by atoms with Crippen molar-refractivity contribution < 1.29 is 19.2 Å². The van der Waals surface area contributed by atoms with Crippen LogP contribution in [0.3, 0.4) is 0 Å². The fraction of sp³-hybridized carbons (Fsp3) is 0.417. The van der Waals surface area contributed by atoms with Crippen LogP contribution in [0.1, 0.15) is 60.0 Å². The third-order valence-corrected chi connectivity index (χ3v) is 7.59. The lowest BCUT2D eigenvalue weighted by Crippen LogP contribution is -2.28. The number of fused-ring (bicyclic) bond motifs is 1. The van der Waals surface area contributed by atoms with E-state index >= 15 is 0 Å². The van der Waals surface area contributed by atoms with Crippen LogP contribution in [-0.4, -0.2) is 23.9 Å². The molecule has 1 aliphatic rings. The van der Waals surface area contributed by atoms with E-state index in [-0.39, 0.29) is 11.1 Å². The molecule has 7 nitrogen and oxygen atoms in total. The molecule has 0 spiro atoms. The number of nitrogens with one attached hydrogen (secondary N) is 1. The molecular weight excluding hydrogens is 428 g/mol. The number of esters is 1. The summed E-state index contributed by atoms with van der Waals surface area (Å²) in [7, 11) is 1.34. The van der Waals surface area contributed by atoms with Gasteiger partial charge in [-0.15, -0.1) is 11.3 Å². The molecule has 170 valence electrons. The molecule has 0 aliphatic heterocycles. The van der Waals surface area contributed by atoms with Gasteiger partial charge in [-0.25, -0.2) is 4.79 Å². The summed E-state index contributed by atoms with van der Waals surface area (Å²) in [6.07, 6.45) is 6.55. The van der Waals surface area contributed by atoms with Gasteiger partial charge in [0.2, 0.25) is 5.91 Å². The predicted molar refractivity (Wildman–Crippen MR) is 126 cm³/mol. The van der Waals surface area contributed by atoms with Gasteiger partial charge in [0.15, 0.2) is 0 Å². The van der Waals surface area contributed by atoms with Crippen LogP contribution in [0.2, 0.25) is 0 Å². The molecule has 32 heavy (non-hydrogen) atoms. The number of ether oxygens (including phenoxy) is 1. The molecule has 1 amide bonds. The van der Waals surface area contributed by atoms with Crippen molar-refractivity contribution in [2.75, 3.05) is 12.4 Å². The molecule has 8 heteroatoms. The molecule has 1 heterocycles. The van der Waals surface area contributed by atoms with E-state index in [0.717, 1.165) is 36.1 Å². The van der Waals surface area contributed by atoms with Crippen LogP contribution in [0.25, 0.3) is 6.08 Å². The second kappa shape index (κ2) is 9.65. The van der Waals surface area contributed by atoms with Crippen LogP contribution in [0, 0.1) is 21.4 Å². The lowest BCUT2D eigenvalue weighted by atomic mass is 9.69. The molecule has 1 aromatic carbocycles. The van der Waals surface area contributed by atoms with Gasteiger partial charge in [0.25, 0.3) is 5.69 Å². The first-order valence-corrected chi connectivity index (χ1v) is 11.4. The second-order valence-corrected chi connectivity index (χ2v) is 9.76. The van der Waals surface area contributed by atoms with Crippen LogP contribution >= 0.6 is 11.3 Å². The molecule has 1 N–H and O–H groups in total. The van der Waals surface area contributed by atoms with Crippen molar-refractivity contribution >= 4 is 40.0 Å². The summed E-state index contributed by atoms with van der Waals surface area (Å²) in [5.41, 5.74) is 2.12. The number of amides is 1. The largest absolute Gasteiger partial charge is 0.465 e. The van der Waals surface area contributed by atoms with E-state index in [4.69, 9.17) is 4.74 Å². The number of thiophene rings is 1. The number of carbonyl (C=O) groups is 2. The Kier molecular flexibility index (Phi) is 7.13. The fourth-order valence-electron chi connectivity index (χ4n) is 4.02. The average Bonchev–Trinajstić information content (AvgIpc) is 3.14. The highest BCUT2D eigenvalue weighted by Crippen LogP contribution is 2.45. The number of hydrogen-bond donors (Lipinski definition) is 1. The summed E-state index contributed by atoms with van der Waals surface area (Å²) in [6.45, 7) is 6.75. The molecule has 0 radical (unpaired) electrons. The van der Waals surface area contributed by atoms with Crippen molar-refractivity contribution in [3.8, 4) is 0 Å². The number of hydrogen-bond acceptors (Lipinski definition) is 6. The van der Waals surface area contributed by atoms with E-state index in [1.165, 1.54) is 42.7 Å². The number of nitrogens with zero attached hydrogens (tertiary/aromatic N) is 1. The summed E-state index contributed by atoms with van der Waals surface area (Å²) in [6, 6.07) is 6.02. The van der Waals surface area contributed by atoms with Gasteiger partial charge in [0, 0.05) is 23.1 Å². The van der Waals surface area contributed by atoms with E-state index < -0.39 is 16.8 Å². The Hall–Kier alpha value is -3.00. The maximum absolute atomic E-state index is 12.6. The van der Waals surface area contributed by atoms with Crippen molar-refractivity contribution in [3.05, 3.63) is 62.0 Å². The average molecular weight is 457 g/mol. The number of carbonyl (C=O) groups excluding carboxylic acids is 2. The lowest BCUT2D eigenvalue weighted by molar-refractivity contribution is -0.384. The predicted octanol–water partition coefficient (Wildman–Crippen LogP) is 5.64. The topological polar surface area (TPSA) is 98.5 Å². The first-order valence-electron chi connectivity index (χ1n) is 10.6. The minimum absolute atomic E-state index is 0.0453. The monoisotopic (exact) mass is 456 g/mol. The van der Waals surface area contributed by atoms with Gasteiger partial charge in [0.1, 0.15) is 5.00 Å². The quantitative estimate of drug-likeness (QED) is 0.252. The Labute approximate surface area is 191 Å². The number of non-ortho nitro benzene ring substituents is 1. The van der Waals surface area contributed by atoms with E-state index in [1.807, 2.05) is 0 Å². The Bertz CT molecular complexity index is 1070. The maximum atomic E-state index is 12.6. The summed E-state index contributed by atoms with van der Waals surface area (Å²) >= 11 is 1.44. The normalized spacial score (nSPS) is 15.9. The zero-order valence-electron chi connectivity index (χ0n) is 18.8. The van der Waals surface area contributed by atoms with Crippen molar-refractivity contribution in [2.24, 2.45) is 11.3 Å². The van der Waals surface area contributed by atoms with E-state index in [9.17, 15) is 19.7 Å². The molecule has 1 atom stereocenters. The number of anilines is 1. The van der Waals surface area contributed by atoms with Gasteiger partial charge in [0.05, 0.1) is 17.6 Å². The van der Waals surface area contributed by atoms with Crippen LogP contribution in [0.15, 0.2) is 30.3 Å². The molecule has 1 aromatic heterocycles. The van der Waals surface area contributed by atoms with Crippen molar-refractivity contribution in [1.82, 2.24) is 0 Å². The van der Waals surface area contributed by atoms with Crippen LogP contribution < -0.4 is 5.32 Å². The SMILES string of the molecule is CCC(C)(C)[C@@H]1CCc2c(sc(NC(=O)/C=C/c3cccc([N+](=O)[O-])c3)c2C(=O)OC)C1. The molecule has 0 bridgehead atoms. The minimum atomic E-state index is -0.483. The van der Waals surface area contributed by atoms with E-state index in [1.54, 1.807) is 12.1 Å². The van der Waals surface area contributed by atoms with Gasteiger partial charge in [-0.1, -0.05) is 39.3 Å². The summed E-state index contributed by atoms with van der Waals surface area (Å²) in [4.78, 5) is 36.7. The van der Waals surface area contributed by atoms with Crippen molar-refractivity contribution in [1.29, 1.82) is 0 Å². The highest BCUT2D eigenvalue weighted by atomic mass is 32.1. The smallest absolute Gasteiger partial charge is 0.341 e. The van der Waals surface area contributed by atoms with Gasteiger partial charge in [-0.05, 0) is 47.8 Å². The van der Waals surface area contributed by atoms with Gasteiger partial charge in [-0.3, -0.25) is 14.9 Å². The summed E-state index contributed by atoms with van der Waals surface area (Å²) < 4.78 is 5.00. The third-order valence-electron chi connectivity index (χ3n) is 6.42. The first-order chi connectivity index (χ1) is 15.2. The number of benzene rings is 1.